The van der Waals surface area contributed by atoms with Crippen LogP contribution < -0.4 is 15.5 Å². The molecule has 31 heavy (non-hydrogen) atoms. The molecule has 0 saturated carbocycles. The summed E-state index contributed by atoms with van der Waals surface area (Å²) in [5, 5.41) is 6.96. The Kier molecular flexibility index (Phi) is 7.59. The molecule has 3 rings (SSSR count). The molecule has 0 atom stereocenters. The minimum absolute atomic E-state index is 0.0953. The van der Waals surface area contributed by atoms with Crippen molar-refractivity contribution in [2.45, 2.75) is 6.61 Å². The largest absolute Gasteiger partial charge is 0.489 e. The van der Waals surface area contributed by atoms with Crippen molar-refractivity contribution < 1.29 is 18.7 Å². The number of nitrogens with one attached hydrogen (secondary N) is 2. The number of amides is 2. The first-order chi connectivity index (χ1) is 14.9. The van der Waals surface area contributed by atoms with Crippen LogP contribution in [0.1, 0.15) is 11.1 Å². The molecule has 158 valence electrons. The Morgan fingerprint density at radius 2 is 1.74 bits per heavy atom. The fourth-order valence-corrected chi connectivity index (χ4v) is 2.87. The van der Waals surface area contributed by atoms with Gasteiger partial charge in [0.2, 0.25) is 0 Å². The van der Waals surface area contributed by atoms with Gasteiger partial charge in [0.15, 0.2) is 0 Å². The molecule has 2 amide bonds. The number of benzene rings is 3. The van der Waals surface area contributed by atoms with Crippen molar-refractivity contribution in [3.63, 3.8) is 0 Å². The van der Waals surface area contributed by atoms with E-state index < -0.39 is 17.6 Å². The monoisotopic (exact) mass is 459 g/mol. The van der Waals surface area contributed by atoms with Crippen LogP contribution in [0.5, 0.6) is 5.75 Å². The minimum atomic E-state index is -1.04. The first-order valence-electron chi connectivity index (χ1n) is 8.98. The molecule has 0 radical (unpaired) electrons. The smallest absolute Gasteiger partial charge is 0.329 e. The zero-order chi connectivity index (χ0) is 22.2. The number of hydrazone groups is 1. The summed E-state index contributed by atoms with van der Waals surface area (Å²) in [5.41, 5.74) is 3.44. The van der Waals surface area contributed by atoms with E-state index in [1.54, 1.807) is 42.5 Å². The number of hydrogen-bond acceptors (Lipinski definition) is 4. The van der Waals surface area contributed by atoms with Crippen molar-refractivity contribution in [3.05, 3.63) is 93.7 Å². The number of para-hydroxylation sites is 1. The maximum Gasteiger partial charge on any atom is 0.329 e. The first kappa shape index (κ1) is 22.3. The van der Waals surface area contributed by atoms with E-state index in [0.29, 0.717) is 21.4 Å². The van der Waals surface area contributed by atoms with E-state index in [4.69, 9.17) is 27.9 Å². The Morgan fingerprint density at radius 3 is 2.45 bits per heavy atom. The molecule has 0 aromatic heterocycles. The molecule has 3 aromatic rings. The highest BCUT2D eigenvalue weighted by atomic mass is 35.5. The molecule has 0 saturated heterocycles. The van der Waals surface area contributed by atoms with E-state index in [1.807, 2.05) is 0 Å². The van der Waals surface area contributed by atoms with Crippen LogP contribution in [-0.4, -0.2) is 18.0 Å². The molecular formula is C22H16Cl2FN3O3. The van der Waals surface area contributed by atoms with Gasteiger partial charge in [-0.2, -0.15) is 5.10 Å². The van der Waals surface area contributed by atoms with Gasteiger partial charge < -0.3 is 10.1 Å². The molecule has 2 N–H and O–H groups in total. The number of carbonyl (C=O) groups excluding carboxylic acids is 2. The average Bonchev–Trinajstić information content (AvgIpc) is 2.75. The van der Waals surface area contributed by atoms with Gasteiger partial charge in [-0.3, -0.25) is 9.59 Å². The number of rotatable bonds is 6. The third-order valence-corrected chi connectivity index (χ3v) is 4.58. The lowest BCUT2D eigenvalue weighted by Gasteiger charge is -2.08. The number of halogens is 3. The summed E-state index contributed by atoms with van der Waals surface area (Å²) in [4.78, 5) is 23.6. The minimum Gasteiger partial charge on any atom is -0.489 e. The molecule has 3 aromatic carbocycles. The molecule has 9 heteroatoms. The van der Waals surface area contributed by atoms with Gasteiger partial charge >= 0.3 is 11.8 Å². The van der Waals surface area contributed by atoms with Crippen LogP contribution in [-0.2, 0) is 16.2 Å². The van der Waals surface area contributed by atoms with Crippen LogP contribution in [0.4, 0.5) is 10.1 Å². The van der Waals surface area contributed by atoms with Gasteiger partial charge in [0.25, 0.3) is 0 Å². The molecule has 0 aliphatic heterocycles. The number of ether oxygens (including phenoxy) is 1. The molecule has 0 spiro atoms. The van der Waals surface area contributed by atoms with Gasteiger partial charge in [-0.05, 0) is 54.1 Å². The summed E-state index contributed by atoms with van der Waals surface area (Å²) in [6.07, 6.45) is 1.36. The van der Waals surface area contributed by atoms with Gasteiger partial charge in [0.1, 0.15) is 18.2 Å². The highest BCUT2D eigenvalue weighted by Gasteiger charge is 2.14. The Labute approximate surface area is 187 Å². The third kappa shape index (κ3) is 6.53. The fourth-order valence-electron chi connectivity index (χ4n) is 2.41. The maximum atomic E-state index is 13.5. The van der Waals surface area contributed by atoms with Gasteiger partial charge in [0.05, 0.1) is 11.9 Å². The first-order valence-corrected chi connectivity index (χ1v) is 9.73. The second-order valence-electron chi connectivity index (χ2n) is 6.23. The van der Waals surface area contributed by atoms with Crippen LogP contribution in [0.15, 0.2) is 71.8 Å². The van der Waals surface area contributed by atoms with E-state index in [1.165, 1.54) is 30.5 Å². The molecule has 0 heterocycles. The van der Waals surface area contributed by atoms with Crippen LogP contribution in [0.2, 0.25) is 10.0 Å². The molecule has 0 aliphatic rings. The summed E-state index contributed by atoms with van der Waals surface area (Å²) in [5.74, 6) is -2.10. The summed E-state index contributed by atoms with van der Waals surface area (Å²) in [6.45, 7) is 0.274. The quantitative estimate of drug-likeness (QED) is 0.315. The molecular weight excluding hydrogens is 444 g/mol. The van der Waals surface area contributed by atoms with Crippen LogP contribution >= 0.6 is 23.2 Å². The van der Waals surface area contributed by atoms with E-state index in [0.717, 1.165) is 5.56 Å². The summed E-state index contributed by atoms with van der Waals surface area (Å²) in [7, 11) is 0. The Balaban J connectivity index is 1.49. The highest BCUT2D eigenvalue weighted by molar-refractivity contribution is 6.39. The maximum absolute atomic E-state index is 13.5. The second kappa shape index (κ2) is 10.6. The van der Waals surface area contributed by atoms with Gasteiger partial charge in [-0.1, -0.05) is 41.4 Å². The second-order valence-corrected chi connectivity index (χ2v) is 7.07. The fraction of sp³-hybridized carbons (Fsp3) is 0.0455. The number of anilines is 1. The van der Waals surface area contributed by atoms with Crippen molar-refractivity contribution in [3.8, 4) is 5.75 Å². The third-order valence-electron chi connectivity index (χ3n) is 4.00. The van der Waals surface area contributed by atoms with Crippen molar-refractivity contribution in [1.82, 2.24) is 5.43 Å². The lowest BCUT2D eigenvalue weighted by atomic mass is 10.2. The number of nitrogens with zero attached hydrogens (tertiary/aromatic N) is 1. The Bertz CT molecular complexity index is 1120. The SMILES string of the molecule is O=C(N/N=C\c1ccc(OCc2ccc(Cl)cc2Cl)cc1)C(=O)Nc1ccccc1F. The highest BCUT2D eigenvalue weighted by Crippen LogP contribution is 2.22. The van der Waals surface area contributed by atoms with Crippen molar-refractivity contribution in [2.24, 2.45) is 5.10 Å². The van der Waals surface area contributed by atoms with Gasteiger partial charge in [-0.15, -0.1) is 0 Å². The number of carbonyl (C=O) groups is 2. The zero-order valence-electron chi connectivity index (χ0n) is 15.9. The molecule has 0 bridgehead atoms. The van der Waals surface area contributed by atoms with Crippen molar-refractivity contribution in [2.75, 3.05) is 5.32 Å². The molecule has 0 fully saturated rings. The van der Waals surface area contributed by atoms with E-state index in [2.05, 4.69) is 15.8 Å². The lowest BCUT2D eigenvalue weighted by Crippen LogP contribution is -2.32. The van der Waals surface area contributed by atoms with Gasteiger partial charge in [0, 0.05) is 15.6 Å². The lowest BCUT2D eigenvalue weighted by molar-refractivity contribution is -0.136. The van der Waals surface area contributed by atoms with Crippen LogP contribution in [0.25, 0.3) is 0 Å². The summed E-state index contributed by atoms with van der Waals surface area (Å²) in [6, 6.07) is 17.6. The standard InChI is InChI=1S/C22H16Cl2FN3O3/c23-16-8-7-15(18(24)11-16)13-31-17-9-5-14(6-10-17)12-26-28-22(30)21(29)27-20-4-2-1-3-19(20)25/h1-12H,13H2,(H,27,29)(H,28,30)/b26-12-. The normalized spacial score (nSPS) is 10.7. The van der Waals surface area contributed by atoms with Crippen LogP contribution in [0, 0.1) is 5.82 Å². The Morgan fingerprint density at radius 1 is 1.00 bits per heavy atom. The van der Waals surface area contributed by atoms with Crippen molar-refractivity contribution >= 4 is 46.9 Å². The zero-order valence-corrected chi connectivity index (χ0v) is 17.5. The molecule has 0 aliphatic carbocycles. The van der Waals surface area contributed by atoms with E-state index in [9.17, 15) is 14.0 Å². The summed E-state index contributed by atoms with van der Waals surface area (Å²) < 4.78 is 19.2. The topological polar surface area (TPSA) is 79.8 Å². The predicted octanol–water partition coefficient (Wildman–Crippen LogP) is 4.80. The predicted molar refractivity (Wildman–Crippen MR) is 118 cm³/mol. The average molecular weight is 460 g/mol. The molecule has 0 unspecified atom stereocenters. The van der Waals surface area contributed by atoms with Crippen molar-refractivity contribution in [1.29, 1.82) is 0 Å². The number of hydrogen-bond donors (Lipinski definition) is 2. The van der Waals surface area contributed by atoms with E-state index >= 15 is 0 Å². The van der Waals surface area contributed by atoms with Gasteiger partial charge in [-0.25, -0.2) is 9.82 Å². The summed E-state index contributed by atoms with van der Waals surface area (Å²) >= 11 is 12.0. The van der Waals surface area contributed by atoms with Crippen LogP contribution in [0.3, 0.4) is 0 Å². The molecule has 6 nitrogen and oxygen atoms in total. The van der Waals surface area contributed by atoms with E-state index in [-0.39, 0.29) is 12.3 Å². The Hall–Kier alpha value is -3.42.